The number of benzene rings is 1. The molecule has 1 aliphatic carbocycles. The van der Waals surface area contributed by atoms with Crippen LogP contribution in [0.25, 0.3) is 0 Å². The summed E-state index contributed by atoms with van der Waals surface area (Å²) in [6.07, 6.45) is 1.94. The minimum absolute atomic E-state index is 0.170. The predicted molar refractivity (Wildman–Crippen MR) is 85.8 cm³/mol. The highest BCUT2D eigenvalue weighted by molar-refractivity contribution is 7.10. The molecule has 6 heteroatoms. The number of ether oxygens (including phenoxy) is 1. The lowest BCUT2D eigenvalue weighted by Gasteiger charge is -2.27. The van der Waals surface area contributed by atoms with Crippen LogP contribution in [0.2, 0.25) is 0 Å². The Morgan fingerprint density at radius 1 is 1.35 bits per heavy atom. The van der Waals surface area contributed by atoms with Gasteiger partial charge in [-0.25, -0.2) is 4.39 Å². The summed E-state index contributed by atoms with van der Waals surface area (Å²) in [6.45, 7) is 0.000606. The monoisotopic (exact) mass is 335 g/mol. The second kappa shape index (κ2) is 6.68. The molecule has 1 unspecified atom stereocenters. The summed E-state index contributed by atoms with van der Waals surface area (Å²) in [4.78, 5) is 12.8. The molecule has 4 nitrogen and oxygen atoms in total. The second-order valence-electron chi connectivity index (χ2n) is 5.70. The van der Waals surface area contributed by atoms with Crippen molar-refractivity contribution < 1.29 is 19.0 Å². The Labute approximate surface area is 137 Å². The fourth-order valence-electron chi connectivity index (χ4n) is 2.48. The van der Waals surface area contributed by atoms with Gasteiger partial charge in [0.25, 0.3) is 5.91 Å². The van der Waals surface area contributed by atoms with Gasteiger partial charge in [-0.1, -0.05) is 6.07 Å². The maximum atomic E-state index is 12.8. The van der Waals surface area contributed by atoms with Crippen LogP contribution in [0.15, 0.2) is 41.8 Å². The van der Waals surface area contributed by atoms with E-state index in [2.05, 4.69) is 5.32 Å². The van der Waals surface area contributed by atoms with Gasteiger partial charge >= 0.3 is 0 Å². The number of hydrogen-bond donors (Lipinski definition) is 2. The van der Waals surface area contributed by atoms with Crippen LogP contribution in [0.4, 0.5) is 4.39 Å². The standard InChI is InChI=1S/C17H18FNO3S/c18-13-5-7-14(8-6-13)22-10-16(20)19-11-17(21,12-3-4-12)15-2-1-9-23-15/h1-2,5-9,12,21H,3-4,10-11H2,(H,19,20). The van der Waals surface area contributed by atoms with Gasteiger partial charge in [0, 0.05) is 4.88 Å². The van der Waals surface area contributed by atoms with Crippen LogP contribution in [0, 0.1) is 11.7 Å². The average molecular weight is 335 g/mol. The lowest BCUT2D eigenvalue weighted by Crippen LogP contribution is -2.43. The molecule has 0 bridgehead atoms. The van der Waals surface area contributed by atoms with Crippen LogP contribution in [0.3, 0.4) is 0 Å². The molecular formula is C17H18FNO3S. The van der Waals surface area contributed by atoms with Crippen molar-refractivity contribution in [3.63, 3.8) is 0 Å². The maximum absolute atomic E-state index is 12.8. The minimum Gasteiger partial charge on any atom is -0.484 e. The lowest BCUT2D eigenvalue weighted by atomic mass is 9.95. The Kier molecular flexibility index (Phi) is 4.63. The van der Waals surface area contributed by atoms with Crippen LogP contribution < -0.4 is 10.1 Å². The van der Waals surface area contributed by atoms with E-state index in [1.165, 1.54) is 35.6 Å². The molecular weight excluding hydrogens is 317 g/mol. The Balaban J connectivity index is 1.52. The van der Waals surface area contributed by atoms with E-state index in [1.54, 1.807) is 0 Å². The van der Waals surface area contributed by atoms with Gasteiger partial charge in [-0.2, -0.15) is 0 Å². The van der Waals surface area contributed by atoms with Gasteiger partial charge in [-0.05, 0) is 54.5 Å². The molecule has 122 valence electrons. The zero-order valence-electron chi connectivity index (χ0n) is 12.5. The SMILES string of the molecule is O=C(COc1ccc(F)cc1)NCC(O)(c1cccs1)C1CC1. The van der Waals surface area contributed by atoms with Gasteiger partial charge in [0.1, 0.15) is 17.2 Å². The number of nitrogens with one attached hydrogen (secondary N) is 1. The average Bonchev–Trinajstić information content (AvgIpc) is 3.27. The minimum atomic E-state index is -1.00. The van der Waals surface area contributed by atoms with Crippen molar-refractivity contribution in [1.82, 2.24) is 5.32 Å². The predicted octanol–water partition coefficient (Wildman–Crippen LogP) is 2.68. The molecule has 1 aromatic heterocycles. The number of hydrogen-bond acceptors (Lipinski definition) is 4. The molecule has 3 rings (SSSR count). The van der Waals surface area contributed by atoms with Crippen molar-refractivity contribution in [2.45, 2.75) is 18.4 Å². The first-order chi connectivity index (χ1) is 11.1. The summed E-state index contributed by atoms with van der Waals surface area (Å²) >= 11 is 1.49. The summed E-state index contributed by atoms with van der Waals surface area (Å²) in [5, 5.41) is 15.5. The molecule has 1 amide bonds. The number of amides is 1. The van der Waals surface area contributed by atoms with Gasteiger partial charge in [-0.15, -0.1) is 11.3 Å². The lowest BCUT2D eigenvalue weighted by molar-refractivity contribution is -0.124. The second-order valence-corrected chi connectivity index (χ2v) is 6.64. The largest absolute Gasteiger partial charge is 0.484 e. The first kappa shape index (κ1) is 16.0. The Bertz CT molecular complexity index is 655. The third-order valence-corrected chi connectivity index (χ3v) is 4.98. The highest BCUT2D eigenvalue weighted by Gasteiger charge is 2.45. The number of halogens is 1. The summed E-state index contributed by atoms with van der Waals surface area (Å²) in [6, 6.07) is 9.27. The molecule has 1 aliphatic rings. The normalized spacial score (nSPS) is 16.6. The van der Waals surface area contributed by atoms with Crippen molar-refractivity contribution in [2.24, 2.45) is 5.92 Å². The zero-order valence-corrected chi connectivity index (χ0v) is 13.3. The Morgan fingerprint density at radius 3 is 2.70 bits per heavy atom. The van der Waals surface area contributed by atoms with E-state index in [4.69, 9.17) is 4.74 Å². The van der Waals surface area contributed by atoms with Crippen LogP contribution in [0.1, 0.15) is 17.7 Å². The molecule has 1 fully saturated rings. The highest BCUT2D eigenvalue weighted by atomic mass is 32.1. The first-order valence-electron chi connectivity index (χ1n) is 7.49. The van der Waals surface area contributed by atoms with Crippen molar-refractivity contribution >= 4 is 17.2 Å². The molecule has 0 radical (unpaired) electrons. The quantitative estimate of drug-likeness (QED) is 0.818. The smallest absolute Gasteiger partial charge is 0.258 e. The van der Waals surface area contributed by atoms with Crippen LogP contribution in [-0.4, -0.2) is 24.2 Å². The van der Waals surface area contributed by atoms with Crippen molar-refractivity contribution in [1.29, 1.82) is 0 Å². The molecule has 1 atom stereocenters. The third-order valence-electron chi connectivity index (χ3n) is 3.94. The molecule has 1 aromatic carbocycles. The van der Waals surface area contributed by atoms with Crippen molar-refractivity contribution in [3.8, 4) is 5.75 Å². The molecule has 0 spiro atoms. The highest BCUT2D eigenvalue weighted by Crippen LogP contribution is 2.46. The Morgan fingerprint density at radius 2 is 2.09 bits per heavy atom. The van der Waals surface area contributed by atoms with E-state index in [1.807, 2.05) is 17.5 Å². The van der Waals surface area contributed by atoms with Crippen molar-refractivity contribution in [3.05, 3.63) is 52.5 Å². The summed E-state index contributed by atoms with van der Waals surface area (Å²) in [7, 11) is 0. The number of carbonyl (C=O) groups excluding carboxylic acids is 1. The van der Waals surface area contributed by atoms with Gasteiger partial charge in [0.2, 0.25) is 0 Å². The van der Waals surface area contributed by atoms with Gasteiger partial charge in [0.15, 0.2) is 6.61 Å². The fourth-order valence-corrected chi connectivity index (χ4v) is 3.39. The number of aliphatic hydroxyl groups is 1. The van der Waals surface area contributed by atoms with Crippen LogP contribution in [0.5, 0.6) is 5.75 Å². The van der Waals surface area contributed by atoms with Crippen molar-refractivity contribution in [2.75, 3.05) is 13.2 Å². The van der Waals surface area contributed by atoms with Gasteiger partial charge in [-0.3, -0.25) is 4.79 Å². The molecule has 0 saturated heterocycles. The van der Waals surface area contributed by atoms with E-state index in [0.29, 0.717) is 5.75 Å². The molecule has 1 saturated carbocycles. The zero-order chi connectivity index (χ0) is 16.3. The van der Waals surface area contributed by atoms with E-state index in [-0.39, 0.29) is 30.8 Å². The molecule has 2 aromatic rings. The fraction of sp³-hybridized carbons (Fsp3) is 0.353. The third kappa shape index (κ3) is 3.89. The maximum Gasteiger partial charge on any atom is 0.258 e. The first-order valence-corrected chi connectivity index (χ1v) is 8.37. The van der Waals surface area contributed by atoms with Crippen LogP contribution >= 0.6 is 11.3 Å². The number of rotatable bonds is 7. The molecule has 23 heavy (non-hydrogen) atoms. The van der Waals surface area contributed by atoms with Gasteiger partial charge in [0.05, 0.1) is 6.54 Å². The van der Waals surface area contributed by atoms with Crippen LogP contribution in [-0.2, 0) is 10.4 Å². The molecule has 1 heterocycles. The van der Waals surface area contributed by atoms with E-state index >= 15 is 0 Å². The van der Waals surface area contributed by atoms with Gasteiger partial charge < -0.3 is 15.2 Å². The molecule has 0 aliphatic heterocycles. The molecule has 2 N–H and O–H groups in total. The summed E-state index contributed by atoms with van der Waals surface area (Å²) < 4.78 is 18.1. The summed E-state index contributed by atoms with van der Waals surface area (Å²) in [5.74, 6) is -0.0473. The number of carbonyl (C=O) groups is 1. The topological polar surface area (TPSA) is 58.6 Å². The number of thiophene rings is 1. The Hall–Kier alpha value is -1.92. The summed E-state index contributed by atoms with van der Waals surface area (Å²) in [5.41, 5.74) is -1.00. The van der Waals surface area contributed by atoms with E-state index in [0.717, 1.165) is 17.7 Å². The van der Waals surface area contributed by atoms with E-state index in [9.17, 15) is 14.3 Å². The van der Waals surface area contributed by atoms with E-state index < -0.39 is 5.60 Å².